The van der Waals surface area contributed by atoms with Crippen molar-refractivity contribution >= 4 is 0 Å². The molecule has 1 fully saturated rings. The summed E-state index contributed by atoms with van der Waals surface area (Å²) in [4.78, 5) is 2.29. The van der Waals surface area contributed by atoms with Crippen LogP contribution in [0.5, 0.6) is 0 Å². The predicted molar refractivity (Wildman–Crippen MR) is 71.7 cm³/mol. The first kappa shape index (κ1) is 14.0. The summed E-state index contributed by atoms with van der Waals surface area (Å²) < 4.78 is 0. The van der Waals surface area contributed by atoms with Crippen molar-refractivity contribution in [1.82, 2.24) is 10.2 Å². The van der Waals surface area contributed by atoms with Crippen molar-refractivity contribution < 1.29 is 0 Å². The van der Waals surface area contributed by atoms with Crippen molar-refractivity contribution in [3.63, 3.8) is 0 Å². The second-order valence-corrected chi connectivity index (χ2v) is 6.11. The highest BCUT2D eigenvalue weighted by Crippen LogP contribution is 2.28. The average molecular weight is 226 g/mol. The molecule has 0 radical (unpaired) electrons. The van der Waals surface area contributed by atoms with Gasteiger partial charge in [0.05, 0.1) is 0 Å². The molecule has 0 saturated heterocycles. The van der Waals surface area contributed by atoms with Crippen molar-refractivity contribution in [3.05, 3.63) is 0 Å². The van der Waals surface area contributed by atoms with Gasteiger partial charge in [0.25, 0.3) is 0 Å². The number of hydrogen-bond donors (Lipinski definition) is 1. The smallest absolute Gasteiger partial charge is 0.0220 e. The fraction of sp³-hybridized carbons (Fsp3) is 1.00. The molecule has 0 aromatic rings. The van der Waals surface area contributed by atoms with Crippen LogP contribution in [0.25, 0.3) is 0 Å². The largest absolute Gasteiger partial charge is 0.310 e. The Labute approximate surface area is 102 Å². The molecule has 1 aliphatic rings. The molecular formula is C14H30N2. The van der Waals surface area contributed by atoms with Gasteiger partial charge in [0.2, 0.25) is 0 Å². The first-order valence-corrected chi connectivity index (χ1v) is 6.91. The van der Waals surface area contributed by atoms with Crippen LogP contribution in [0.3, 0.4) is 0 Å². The van der Waals surface area contributed by atoms with Crippen LogP contribution in [0.4, 0.5) is 0 Å². The molecule has 2 heteroatoms. The summed E-state index contributed by atoms with van der Waals surface area (Å²) in [5.41, 5.74) is 0. The minimum atomic E-state index is 0.630. The van der Waals surface area contributed by atoms with E-state index in [1.165, 1.54) is 25.7 Å². The Morgan fingerprint density at radius 1 is 1.12 bits per heavy atom. The van der Waals surface area contributed by atoms with Crippen LogP contribution in [-0.2, 0) is 0 Å². The van der Waals surface area contributed by atoms with Crippen LogP contribution in [0.15, 0.2) is 0 Å². The van der Waals surface area contributed by atoms with Gasteiger partial charge in [0, 0.05) is 18.6 Å². The molecule has 0 heterocycles. The second-order valence-electron chi connectivity index (χ2n) is 6.11. The van der Waals surface area contributed by atoms with Crippen molar-refractivity contribution in [2.45, 2.75) is 58.5 Å². The third-order valence-corrected chi connectivity index (χ3v) is 3.95. The zero-order chi connectivity index (χ0) is 12.1. The van der Waals surface area contributed by atoms with Gasteiger partial charge < -0.3 is 10.2 Å². The van der Waals surface area contributed by atoms with E-state index in [1.54, 1.807) is 0 Å². The lowest BCUT2D eigenvalue weighted by Crippen LogP contribution is -2.48. The van der Waals surface area contributed by atoms with E-state index in [4.69, 9.17) is 0 Å². The van der Waals surface area contributed by atoms with E-state index >= 15 is 0 Å². The fourth-order valence-corrected chi connectivity index (χ4v) is 2.78. The summed E-state index contributed by atoms with van der Waals surface area (Å²) in [6.07, 6.45) is 5.75. The van der Waals surface area contributed by atoms with Gasteiger partial charge in [-0.05, 0) is 45.7 Å². The lowest BCUT2D eigenvalue weighted by Gasteiger charge is -2.31. The van der Waals surface area contributed by atoms with Crippen molar-refractivity contribution in [1.29, 1.82) is 0 Å². The number of nitrogens with zero attached hydrogens (tertiary/aromatic N) is 1. The van der Waals surface area contributed by atoms with Gasteiger partial charge in [-0.25, -0.2) is 0 Å². The Morgan fingerprint density at radius 3 is 2.12 bits per heavy atom. The standard InChI is InChI=1S/C14H30N2/c1-11(2)14(10-16(4)5)15-12(3)13-8-6-7-9-13/h11-15H,6-10H2,1-5H3. The van der Waals surface area contributed by atoms with Gasteiger partial charge in [0.1, 0.15) is 0 Å². The maximum atomic E-state index is 3.85. The minimum absolute atomic E-state index is 0.630. The number of nitrogens with one attached hydrogen (secondary N) is 1. The number of rotatable bonds is 6. The quantitative estimate of drug-likeness (QED) is 0.749. The van der Waals surface area contributed by atoms with Crippen molar-refractivity contribution in [3.8, 4) is 0 Å². The molecule has 0 aromatic carbocycles. The van der Waals surface area contributed by atoms with Gasteiger partial charge in [-0.15, -0.1) is 0 Å². The Hall–Kier alpha value is -0.0800. The van der Waals surface area contributed by atoms with Gasteiger partial charge in [-0.2, -0.15) is 0 Å². The van der Waals surface area contributed by atoms with Crippen LogP contribution in [-0.4, -0.2) is 37.6 Å². The highest BCUT2D eigenvalue weighted by Gasteiger charge is 2.24. The van der Waals surface area contributed by atoms with Crippen LogP contribution in [0, 0.1) is 11.8 Å². The zero-order valence-corrected chi connectivity index (χ0v) is 11.8. The van der Waals surface area contributed by atoms with E-state index in [1.807, 2.05) is 0 Å². The summed E-state index contributed by atoms with van der Waals surface area (Å²) in [7, 11) is 4.33. The molecule has 1 N–H and O–H groups in total. The van der Waals surface area contributed by atoms with E-state index < -0.39 is 0 Å². The fourth-order valence-electron chi connectivity index (χ4n) is 2.78. The topological polar surface area (TPSA) is 15.3 Å². The summed E-state index contributed by atoms with van der Waals surface area (Å²) in [6, 6.07) is 1.32. The van der Waals surface area contributed by atoms with Gasteiger partial charge in [-0.3, -0.25) is 0 Å². The third-order valence-electron chi connectivity index (χ3n) is 3.95. The third kappa shape index (κ3) is 4.42. The molecule has 0 aliphatic heterocycles. The first-order chi connectivity index (χ1) is 7.50. The van der Waals surface area contributed by atoms with Crippen LogP contribution >= 0.6 is 0 Å². The summed E-state index contributed by atoms with van der Waals surface area (Å²) in [5.74, 6) is 1.63. The predicted octanol–water partition coefficient (Wildman–Crippen LogP) is 2.74. The Balaban J connectivity index is 2.40. The Kier molecular flexibility index (Phi) is 5.77. The number of likely N-dealkylation sites (N-methyl/N-ethyl adjacent to an activating group) is 1. The van der Waals surface area contributed by atoms with Crippen LogP contribution < -0.4 is 5.32 Å². The molecule has 2 nitrogen and oxygen atoms in total. The summed E-state index contributed by atoms with van der Waals surface area (Å²) in [5, 5.41) is 3.85. The van der Waals surface area contributed by atoms with Crippen molar-refractivity contribution in [2.75, 3.05) is 20.6 Å². The molecule has 1 saturated carbocycles. The number of hydrogen-bond acceptors (Lipinski definition) is 2. The van der Waals surface area contributed by atoms with Crippen molar-refractivity contribution in [2.24, 2.45) is 11.8 Å². The highest BCUT2D eigenvalue weighted by atomic mass is 15.1. The van der Waals surface area contributed by atoms with E-state index in [0.29, 0.717) is 18.0 Å². The molecule has 0 bridgehead atoms. The second kappa shape index (κ2) is 6.61. The monoisotopic (exact) mass is 226 g/mol. The molecule has 1 aliphatic carbocycles. The molecule has 96 valence electrons. The summed E-state index contributed by atoms with van der Waals surface area (Å²) in [6.45, 7) is 8.17. The maximum Gasteiger partial charge on any atom is 0.0220 e. The van der Waals surface area contributed by atoms with E-state index in [2.05, 4.69) is 45.1 Å². The zero-order valence-electron chi connectivity index (χ0n) is 11.8. The Morgan fingerprint density at radius 2 is 1.69 bits per heavy atom. The van der Waals surface area contributed by atoms with Crippen LogP contribution in [0.1, 0.15) is 46.5 Å². The molecule has 0 spiro atoms. The molecular weight excluding hydrogens is 196 g/mol. The maximum absolute atomic E-state index is 3.85. The van der Waals surface area contributed by atoms with Gasteiger partial charge >= 0.3 is 0 Å². The molecule has 0 amide bonds. The molecule has 2 atom stereocenters. The highest BCUT2D eigenvalue weighted by molar-refractivity contribution is 4.82. The van der Waals surface area contributed by atoms with E-state index in [9.17, 15) is 0 Å². The SMILES string of the molecule is CC(C)C(CN(C)C)NC(C)C1CCCC1. The average Bonchev–Trinajstić information content (AvgIpc) is 2.68. The Bertz CT molecular complexity index is 183. The minimum Gasteiger partial charge on any atom is -0.310 e. The molecule has 1 rings (SSSR count). The lowest BCUT2D eigenvalue weighted by atomic mass is 9.96. The van der Waals surface area contributed by atoms with Gasteiger partial charge in [-0.1, -0.05) is 26.7 Å². The normalized spacial score (nSPS) is 21.9. The van der Waals surface area contributed by atoms with Gasteiger partial charge in [0.15, 0.2) is 0 Å². The summed E-state index contributed by atoms with van der Waals surface area (Å²) >= 11 is 0. The first-order valence-electron chi connectivity index (χ1n) is 6.91. The van der Waals surface area contributed by atoms with E-state index in [-0.39, 0.29) is 0 Å². The lowest BCUT2D eigenvalue weighted by molar-refractivity contribution is 0.246. The molecule has 0 aromatic heterocycles. The van der Waals surface area contributed by atoms with Crippen LogP contribution in [0.2, 0.25) is 0 Å². The van der Waals surface area contributed by atoms with E-state index in [0.717, 1.165) is 12.5 Å². The molecule has 16 heavy (non-hydrogen) atoms. The molecule has 2 unspecified atom stereocenters.